The van der Waals surface area contributed by atoms with Gasteiger partial charge < -0.3 is 0 Å². The van der Waals surface area contributed by atoms with Crippen LogP contribution < -0.4 is 0 Å². The van der Waals surface area contributed by atoms with Crippen LogP contribution in [-0.2, 0) is 0 Å². The molecule has 0 N–H and O–H groups in total. The summed E-state index contributed by atoms with van der Waals surface area (Å²) in [5.41, 5.74) is 2.64. The van der Waals surface area contributed by atoms with Gasteiger partial charge in [0.15, 0.2) is 0 Å². The Bertz CT molecular complexity index is 941. The predicted octanol–water partition coefficient (Wildman–Crippen LogP) is 4.65. The average Bonchev–Trinajstić information content (AvgIpc) is 2.52. The number of fused-ring (bicyclic) bond motifs is 4. The van der Waals surface area contributed by atoms with Gasteiger partial charge in [-0.25, -0.2) is 0 Å². The van der Waals surface area contributed by atoms with Crippen LogP contribution in [0.4, 0.5) is 0 Å². The van der Waals surface area contributed by atoms with Gasteiger partial charge in [0.1, 0.15) is 0 Å². The summed E-state index contributed by atoms with van der Waals surface area (Å²) in [6.07, 6.45) is 0. The van der Waals surface area contributed by atoms with Crippen LogP contribution in [-0.4, -0.2) is 11.6 Å². The lowest BCUT2D eigenvalue weighted by molar-refractivity contribution is 0.0815. The summed E-state index contributed by atoms with van der Waals surface area (Å²) in [6, 6.07) is 17.0. The van der Waals surface area contributed by atoms with E-state index in [2.05, 4.69) is 15.9 Å². The van der Waals surface area contributed by atoms with Gasteiger partial charge in [-0.2, -0.15) is 0 Å². The van der Waals surface area contributed by atoms with Crippen molar-refractivity contribution >= 4 is 38.3 Å². The van der Waals surface area contributed by atoms with Gasteiger partial charge in [0.25, 0.3) is 0 Å². The molecule has 3 heteroatoms. The van der Waals surface area contributed by atoms with Crippen molar-refractivity contribution in [2.24, 2.45) is 0 Å². The molecule has 0 aliphatic heterocycles. The van der Waals surface area contributed by atoms with Crippen LogP contribution in [0.3, 0.4) is 0 Å². The molecular weight excluding hydrogens is 328 g/mol. The smallest absolute Gasteiger partial charge is 0.234 e. The third kappa shape index (κ3) is 1.71. The lowest BCUT2D eigenvalue weighted by Gasteiger charge is -2.18. The zero-order valence-electron chi connectivity index (χ0n) is 10.9. The van der Waals surface area contributed by atoms with E-state index in [9.17, 15) is 9.59 Å². The highest BCUT2D eigenvalue weighted by Gasteiger charge is 2.30. The zero-order valence-corrected chi connectivity index (χ0v) is 12.5. The Morgan fingerprint density at radius 2 is 1.38 bits per heavy atom. The van der Waals surface area contributed by atoms with E-state index >= 15 is 0 Å². The van der Waals surface area contributed by atoms with E-state index in [1.165, 1.54) is 0 Å². The summed E-state index contributed by atoms with van der Waals surface area (Å²) in [4.78, 5) is 24.6. The Morgan fingerprint density at radius 1 is 0.667 bits per heavy atom. The van der Waals surface area contributed by atoms with Gasteiger partial charge >= 0.3 is 0 Å². The standard InChI is InChI=1S/C18H9BrO2/c19-16-7-3-4-10-8-14-11-5-1-2-6-12(11)17(20)18(21)15(14)9-13(10)16/h1-9H. The minimum Gasteiger partial charge on any atom is -0.285 e. The van der Waals surface area contributed by atoms with Gasteiger partial charge in [-0.15, -0.1) is 0 Å². The van der Waals surface area contributed by atoms with E-state index in [1.54, 1.807) is 12.1 Å². The van der Waals surface area contributed by atoms with E-state index in [1.807, 2.05) is 42.5 Å². The Kier molecular flexibility index (Phi) is 2.59. The molecule has 0 heterocycles. The van der Waals surface area contributed by atoms with Gasteiger partial charge in [0.2, 0.25) is 11.6 Å². The fourth-order valence-electron chi connectivity index (χ4n) is 2.86. The molecule has 4 rings (SSSR count). The Morgan fingerprint density at radius 3 is 2.19 bits per heavy atom. The highest BCUT2D eigenvalue weighted by Crippen LogP contribution is 2.37. The van der Waals surface area contributed by atoms with Crippen LogP contribution in [0.25, 0.3) is 21.9 Å². The highest BCUT2D eigenvalue weighted by molar-refractivity contribution is 9.10. The molecule has 3 aromatic rings. The SMILES string of the molecule is O=C1C(=O)c2cc3c(Br)cccc3cc2-c2ccccc21. The number of Topliss-reactive ketones (excluding diaryl/α,β-unsaturated/α-hetero) is 2. The number of hydrogen-bond acceptors (Lipinski definition) is 2. The van der Waals surface area contributed by atoms with Crippen LogP contribution in [0.2, 0.25) is 0 Å². The van der Waals surface area contributed by atoms with E-state index in [4.69, 9.17) is 0 Å². The van der Waals surface area contributed by atoms with E-state index in [0.29, 0.717) is 11.1 Å². The predicted molar refractivity (Wildman–Crippen MR) is 85.7 cm³/mol. The van der Waals surface area contributed by atoms with Crippen molar-refractivity contribution in [3.05, 3.63) is 70.2 Å². The molecule has 100 valence electrons. The van der Waals surface area contributed by atoms with Crippen molar-refractivity contribution in [1.82, 2.24) is 0 Å². The summed E-state index contributed by atoms with van der Waals surface area (Å²) in [6.45, 7) is 0. The number of hydrogen-bond donors (Lipinski definition) is 0. The number of halogens is 1. The van der Waals surface area contributed by atoms with Crippen LogP contribution in [0.1, 0.15) is 20.7 Å². The first-order chi connectivity index (χ1) is 10.2. The topological polar surface area (TPSA) is 34.1 Å². The maximum Gasteiger partial charge on any atom is 0.234 e. The van der Waals surface area contributed by atoms with Crippen molar-refractivity contribution in [2.45, 2.75) is 0 Å². The number of carbonyl (C=O) groups excluding carboxylic acids is 2. The summed E-state index contributed by atoms with van der Waals surface area (Å²) >= 11 is 3.50. The average molecular weight is 337 g/mol. The van der Waals surface area contributed by atoms with Crippen molar-refractivity contribution < 1.29 is 9.59 Å². The highest BCUT2D eigenvalue weighted by atomic mass is 79.9. The molecule has 0 fully saturated rings. The van der Waals surface area contributed by atoms with E-state index in [-0.39, 0.29) is 0 Å². The first-order valence-electron chi connectivity index (χ1n) is 6.57. The molecule has 2 nitrogen and oxygen atoms in total. The second-order valence-corrected chi connectivity index (χ2v) is 5.92. The molecule has 1 aliphatic carbocycles. The first-order valence-corrected chi connectivity index (χ1v) is 7.37. The Labute approximate surface area is 129 Å². The van der Waals surface area contributed by atoms with Gasteiger partial charge in [-0.1, -0.05) is 52.3 Å². The lowest BCUT2D eigenvalue weighted by Crippen LogP contribution is -2.21. The van der Waals surface area contributed by atoms with Crippen LogP contribution in [0.15, 0.2) is 59.1 Å². The third-order valence-corrected chi connectivity index (χ3v) is 4.57. The maximum atomic E-state index is 12.4. The molecule has 0 spiro atoms. The molecule has 1 aliphatic rings. The molecule has 0 radical (unpaired) electrons. The van der Waals surface area contributed by atoms with E-state index < -0.39 is 11.6 Å². The number of rotatable bonds is 0. The zero-order chi connectivity index (χ0) is 14.6. The van der Waals surface area contributed by atoms with Gasteiger partial charge in [-0.05, 0) is 40.1 Å². The van der Waals surface area contributed by atoms with Crippen LogP contribution in [0, 0.1) is 0 Å². The first kappa shape index (κ1) is 12.5. The maximum absolute atomic E-state index is 12.4. The van der Waals surface area contributed by atoms with Crippen molar-refractivity contribution in [3.63, 3.8) is 0 Å². The van der Waals surface area contributed by atoms with E-state index in [0.717, 1.165) is 26.4 Å². The number of benzene rings is 3. The monoisotopic (exact) mass is 336 g/mol. The van der Waals surface area contributed by atoms with Gasteiger partial charge in [0.05, 0.1) is 0 Å². The minimum absolute atomic E-state index is 0.426. The van der Waals surface area contributed by atoms with Crippen LogP contribution >= 0.6 is 15.9 Å². The van der Waals surface area contributed by atoms with Crippen molar-refractivity contribution in [2.75, 3.05) is 0 Å². The molecule has 0 aromatic heterocycles. The second-order valence-electron chi connectivity index (χ2n) is 5.06. The Hall–Kier alpha value is -2.26. The van der Waals surface area contributed by atoms with Crippen molar-refractivity contribution in [1.29, 1.82) is 0 Å². The fraction of sp³-hybridized carbons (Fsp3) is 0. The quantitative estimate of drug-likeness (QED) is 0.560. The molecule has 0 saturated carbocycles. The summed E-state index contributed by atoms with van der Waals surface area (Å²) < 4.78 is 0.918. The third-order valence-electron chi connectivity index (χ3n) is 3.88. The molecule has 0 amide bonds. The number of ketones is 2. The molecule has 0 unspecified atom stereocenters. The fourth-order valence-corrected chi connectivity index (χ4v) is 3.35. The molecule has 21 heavy (non-hydrogen) atoms. The second kappa shape index (κ2) is 4.37. The molecule has 3 aromatic carbocycles. The summed E-state index contributed by atoms with van der Waals surface area (Å²) in [5.74, 6) is -0.856. The molecule has 0 bridgehead atoms. The summed E-state index contributed by atoms with van der Waals surface area (Å²) in [5, 5.41) is 1.98. The normalized spacial score (nSPS) is 13.2. The molecule has 0 atom stereocenters. The summed E-state index contributed by atoms with van der Waals surface area (Å²) in [7, 11) is 0. The number of carbonyl (C=O) groups is 2. The minimum atomic E-state index is -0.429. The Balaban J connectivity index is 2.15. The largest absolute Gasteiger partial charge is 0.285 e. The molecule has 0 saturated heterocycles. The van der Waals surface area contributed by atoms with Crippen molar-refractivity contribution in [3.8, 4) is 11.1 Å². The van der Waals surface area contributed by atoms with Gasteiger partial charge in [0, 0.05) is 15.6 Å². The molecular formula is C18H9BrO2. The lowest BCUT2D eigenvalue weighted by atomic mass is 9.82. The van der Waals surface area contributed by atoms with Crippen LogP contribution in [0.5, 0.6) is 0 Å². The van der Waals surface area contributed by atoms with Gasteiger partial charge in [-0.3, -0.25) is 9.59 Å².